The Hall–Kier alpha value is -1.55. The van der Waals surface area contributed by atoms with Gasteiger partial charge in [0.1, 0.15) is 5.75 Å². The van der Waals surface area contributed by atoms with Crippen LogP contribution in [-0.2, 0) is 4.79 Å². The van der Waals surface area contributed by atoms with E-state index in [4.69, 9.17) is 9.84 Å². The molecule has 0 amide bonds. The normalized spacial score (nSPS) is 20.2. The number of nitrogens with zero attached hydrogens (tertiary/aromatic N) is 1. The molecule has 2 rings (SSSR count). The second-order valence-corrected chi connectivity index (χ2v) is 5.21. The molecule has 1 heterocycles. The molecule has 0 spiro atoms. The van der Waals surface area contributed by atoms with Gasteiger partial charge < -0.3 is 9.84 Å². The number of hydrogen-bond acceptors (Lipinski definition) is 3. The van der Waals surface area contributed by atoms with E-state index < -0.39 is 5.97 Å². The third-order valence-corrected chi connectivity index (χ3v) is 3.53. The largest absolute Gasteiger partial charge is 0.493 e. The maximum atomic E-state index is 10.7. The highest BCUT2D eigenvalue weighted by atomic mass is 16.5. The molecule has 0 aliphatic carbocycles. The molecule has 1 aromatic rings. The van der Waals surface area contributed by atoms with E-state index in [-0.39, 0.29) is 6.54 Å². The van der Waals surface area contributed by atoms with Crippen LogP contribution in [0.1, 0.15) is 18.4 Å². The zero-order chi connectivity index (χ0) is 13.7. The lowest BCUT2D eigenvalue weighted by molar-refractivity contribution is -0.138. The Labute approximate surface area is 114 Å². The Morgan fingerprint density at radius 1 is 1.47 bits per heavy atom. The molecule has 1 aliphatic heterocycles. The Bertz CT molecular complexity index is 433. The first-order chi connectivity index (χ1) is 9.15. The summed E-state index contributed by atoms with van der Waals surface area (Å²) in [6.07, 6.45) is 2.16. The van der Waals surface area contributed by atoms with Crippen LogP contribution in [0.4, 0.5) is 0 Å². The molecule has 0 radical (unpaired) electrons. The van der Waals surface area contributed by atoms with Crippen LogP contribution >= 0.6 is 0 Å². The van der Waals surface area contributed by atoms with Gasteiger partial charge in [-0.25, -0.2) is 0 Å². The van der Waals surface area contributed by atoms with Gasteiger partial charge in [0.15, 0.2) is 0 Å². The van der Waals surface area contributed by atoms with Crippen molar-refractivity contribution >= 4 is 5.97 Å². The topological polar surface area (TPSA) is 49.8 Å². The maximum absolute atomic E-state index is 10.7. The van der Waals surface area contributed by atoms with Gasteiger partial charge in [-0.3, -0.25) is 9.69 Å². The lowest BCUT2D eigenvalue weighted by atomic mass is 9.99. The molecule has 4 nitrogen and oxygen atoms in total. The first-order valence-electron chi connectivity index (χ1n) is 6.77. The van der Waals surface area contributed by atoms with Crippen LogP contribution in [0.3, 0.4) is 0 Å². The van der Waals surface area contributed by atoms with Gasteiger partial charge in [0.2, 0.25) is 0 Å². The van der Waals surface area contributed by atoms with Crippen LogP contribution in [0, 0.1) is 12.8 Å². The summed E-state index contributed by atoms with van der Waals surface area (Å²) in [5, 5.41) is 8.82. The smallest absolute Gasteiger partial charge is 0.317 e. The van der Waals surface area contributed by atoms with E-state index in [1.54, 1.807) is 0 Å². The number of likely N-dealkylation sites (tertiary alicyclic amines) is 1. The second kappa shape index (κ2) is 6.57. The molecule has 1 aromatic carbocycles. The van der Waals surface area contributed by atoms with Crippen molar-refractivity contribution in [2.24, 2.45) is 5.92 Å². The molecule has 0 aromatic heterocycles. The van der Waals surface area contributed by atoms with Crippen molar-refractivity contribution in [3.05, 3.63) is 29.8 Å². The van der Waals surface area contributed by atoms with E-state index in [0.717, 1.165) is 37.2 Å². The highest BCUT2D eigenvalue weighted by Gasteiger charge is 2.21. The first kappa shape index (κ1) is 13.9. The molecule has 4 heteroatoms. The fourth-order valence-corrected chi connectivity index (χ4v) is 2.55. The maximum Gasteiger partial charge on any atom is 0.317 e. The third kappa shape index (κ3) is 4.24. The number of aliphatic carboxylic acids is 1. The standard InChI is InChI=1S/C15H21NO3/c1-12-5-2-3-7-14(12)19-11-13-6-4-8-16(9-13)10-15(17)18/h2-3,5,7,13H,4,6,8-11H2,1H3,(H,17,18). The molecule has 1 atom stereocenters. The van der Waals surface area contributed by atoms with Gasteiger partial charge in [0, 0.05) is 12.5 Å². The summed E-state index contributed by atoms with van der Waals surface area (Å²) >= 11 is 0. The van der Waals surface area contributed by atoms with Gasteiger partial charge in [-0.2, -0.15) is 0 Å². The van der Waals surface area contributed by atoms with E-state index in [2.05, 4.69) is 0 Å². The quantitative estimate of drug-likeness (QED) is 0.884. The summed E-state index contributed by atoms with van der Waals surface area (Å²) in [5.41, 5.74) is 1.14. The molecular weight excluding hydrogens is 242 g/mol. The monoisotopic (exact) mass is 263 g/mol. The van der Waals surface area contributed by atoms with Gasteiger partial charge in [0.25, 0.3) is 0 Å². The highest BCUT2D eigenvalue weighted by Crippen LogP contribution is 2.20. The summed E-state index contributed by atoms with van der Waals surface area (Å²) in [5.74, 6) is 0.603. The Balaban J connectivity index is 1.82. The summed E-state index contributed by atoms with van der Waals surface area (Å²) < 4.78 is 5.86. The minimum Gasteiger partial charge on any atom is -0.493 e. The minimum absolute atomic E-state index is 0.140. The molecule has 104 valence electrons. The van der Waals surface area contributed by atoms with E-state index in [1.165, 1.54) is 0 Å². The van der Waals surface area contributed by atoms with Gasteiger partial charge in [-0.1, -0.05) is 18.2 Å². The van der Waals surface area contributed by atoms with Crippen molar-refractivity contribution < 1.29 is 14.6 Å². The summed E-state index contributed by atoms with van der Waals surface area (Å²) in [4.78, 5) is 12.7. The van der Waals surface area contributed by atoms with Crippen LogP contribution in [0.2, 0.25) is 0 Å². The van der Waals surface area contributed by atoms with Crippen molar-refractivity contribution in [3.63, 3.8) is 0 Å². The van der Waals surface area contributed by atoms with Crippen molar-refractivity contribution in [2.75, 3.05) is 26.2 Å². The Morgan fingerprint density at radius 2 is 2.26 bits per heavy atom. The zero-order valence-corrected chi connectivity index (χ0v) is 11.3. The molecule has 1 aliphatic rings. The summed E-state index contributed by atoms with van der Waals surface area (Å²) in [7, 11) is 0. The molecule has 0 bridgehead atoms. The van der Waals surface area contributed by atoms with Crippen LogP contribution < -0.4 is 4.74 Å². The third-order valence-electron chi connectivity index (χ3n) is 3.53. The number of benzene rings is 1. The molecule has 0 saturated carbocycles. The molecule has 1 N–H and O–H groups in total. The van der Waals surface area contributed by atoms with E-state index in [0.29, 0.717) is 12.5 Å². The first-order valence-corrected chi connectivity index (χ1v) is 6.77. The minimum atomic E-state index is -0.750. The zero-order valence-electron chi connectivity index (χ0n) is 11.3. The highest BCUT2D eigenvalue weighted by molar-refractivity contribution is 5.69. The fourth-order valence-electron chi connectivity index (χ4n) is 2.55. The number of aryl methyl sites for hydroxylation is 1. The van der Waals surface area contributed by atoms with Crippen LogP contribution in [-0.4, -0.2) is 42.2 Å². The van der Waals surface area contributed by atoms with E-state index in [1.807, 2.05) is 36.1 Å². The lowest BCUT2D eigenvalue weighted by Gasteiger charge is -2.31. The van der Waals surface area contributed by atoms with Crippen molar-refractivity contribution in [3.8, 4) is 5.75 Å². The van der Waals surface area contributed by atoms with Gasteiger partial charge in [-0.05, 0) is 37.9 Å². The van der Waals surface area contributed by atoms with E-state index in [9.17, 15) is 4.79 Å². The average molecular weight is 263 g/mol. The number of para-hydroxylation sites is 1. The molecule has 1 fully saturated rings. The van der Waals surface area contributed by atoms with Gasteiger partial charge >= 0.3 is 5.97 Å². The predicted octanol–water partition coefficient (Wildman–Crippen LogP) is 2.17. The number of carboxylic acids is 1. The van der Waals surface area contributed by atoms with Crippen LogP contribution in [0.5, 0.6) is 5.75 Å². The fraction of sp³-hybridized carbons (Fsp3) is 0.533. The van der Waals surface area contributed by atoms with Crippen LogP contribution in [0.25, 0.3) is 0 Å². The number of piperidine rings is 1. The number of carboxylic acid groups (broad SMARTS) is 1. The molecule has 1 unspecified atom stereocenters. The van der Waals surface area contributed by atoms with Crippen molar-refractivity contribution in [1.29, 1.82) is 0 Å². The van der Waals surface area contributed by atoms with Gasteiger partial charge in [0.05, 0.1) is 13.2 Å². The Kier molecular flexibility index (Phi) is 4.80. The lowest BCUT2D eigenvalue weighted by Crippen LogP contribution is -2.40. The summed E-state index contributed by atoms with van der Waals surface area (Å²) in [6.45, 7) is 4.54. The molecule has 1 saturated heterocycles. The second-order valence-electron chi connectivity index (χ2n) is 5.21. The SMILES string of the molecule is Cc1ccccc1OCC1CCCN(CC(=O)O)C1. The van der Waals surface area contributed by atoms with Crippen LogP contribution in [0.15, 0.2) is 24.3 Å². The van der Waals surface area contributed by atoms with Crippen molar-refractivity contribution in [2.45, 2.75) is 19.8 Å². The number of ether oxygens (including phenoxy) is 1. The van der Waals surface area contributed by atoms with Gasteiger partial charge in [-0.15, -0.1) is 0 Å². The number of hydrogen-bond donors (Lipinski definition) is 1. The molecular formula is C15H21NO3. The number of carbonyl (C=O) groups is 1. The number of rotatable bonds is 5. The predicted molar refractivity (Wildman–Crippen MR) is 73.5 cm³/mol. The van der Waals surface area contributed by atoms with E-state index >= 15 is 0 Å². The van der Waals surface area contributed by atoms with Crippen molar-refractivity contribution in [1.82, 2.24) is 4.90 Å². The summed E-state index contributed by atoms with van der Waals surface area (Å²) in [6, 6.07) is 7.98. The Morgan fingerprint density at radius 3 is 3.00 bits per heavy atom. The molecule has 19 heavy (non-hydrogen) atoms. The average Bonchev–Trinajstić information content (AvgIpc) is 2.37.